The summed E-state index contributed by atoms with van der Waals surface area (Å²) in [5.41, 5.74) is 6.48. The summed E-state index contributed by atoms with van der Waals surface area (Å²) in [6.07, 6.45) is 13.0. The van der Waals surface area contributed by atoms with Crippen molar-refractivity contribution in [3.05, 3.63) is 47.2 Å². The van der Waals surface area contributed by atoms with E-state index in [1.165, 1.54) is 56.9 Å². The van der Waals surface area contributed by atoms with Crippen molar-refractivity contribution >= 4 is 6.08 Å². The van der Waals surface area contributed by atoms with Crippen LogP contribution in [0.25, 0.3) is 6.08 Å². The van der Waals surface area contributed by atoms with E-state index >= 15 is 0 Å². The number of benzene rings is 1. The van der Waals surface area contributed by atoms with Crippen LogP contribution in [-0.4, -0.2) is 0 Å². The maximum atomic E-state index is 3.63. The standard InChI is InChI=1S/C19H26/c1-2-3-12-19(18-13-8-5-9-14-18)16-15-17-10-6-4-7-11-17/h4,6-7,10-11,15,18H,2-3,5,8-9,12-14H2,1H3. The zero-order chi connectivity index (χ0) is 13.3. The molecule has 1 aliphatic rings. The molecule has 0 saturated heterocycles. The lowest BCUT2D eigenvalue weighted by atomic mass is 9.82. The number of unbranched alkanes of at least 4 members (excludes halogenated alkanes) is 1. The van der Waals surface area contributed by atoms with Crippen LogP contribution < -0.4 is 0 Å². The lowest BCUT2D eigenvalue weighted by Gasteiger charge is -2.23. The Labute approximate surface area is 118 Å². The molecule has 1 aliphatic carbocycles. The molecule has 0 bridgehead atoms. The van der Waals surface area contributed by atoms with Crippen molar-refractivity contribution in [2.45, 2.75) is 58.3 Å². The number of hydrogen-bond donors (Lipinski definition) is 0. The van der Waals surface area contributed by atoms with Gasteiger partial charge in [-0.2, -0.15) is 0 Å². The summed E-state index contributed by atoms with van der Waals surface area (Å²) in [6, 6.07) is 10.6. The van der Waals surface area contributed by atoms with Gasteiger partial charge in [0.15, 0.2) is 0 Å². The van der Waals surface area contributed by atoms with Gasteiger partial charge in [-0.3, -0.25) is 0 Å². The maximum Gasteiger partial charge on any atom is -0.0127 e. The highest BCUT2D eigenvalue weighted by Crippen LogP contribution is 2.31. The van der Waals surface area contributed by atoms with E-state index < -0.39 is 0 Å². The molecule has 19 heavy (non-hydrogen) atoms. The first-order chi connectivity index (χ1) is 9.40. The van der Waals surface area contributed by atoms with E-state index in [4.69, 9.17) is 0 Å². The Kier molecular flexibility index (Phi) is 5.98. The summed E-state index contributed by atoms with van der Waals surface area (Å²) in [4.78, 5) is 0. The van der Waals surface area contributed by atoms with E-state index in [2.05, 4.69) is 49.1 Å². The molecule has 0 spiro atoms. The molecule has 0 radical (unpaired) electrons. The van der Waals surface area contributed by atoms with Gasteiger partial charge in [0.1, 0.15) is 0 Å². The van der Waals surface area contributed by atoms with Crippen molar-refractivity contribution in [2.24, 2.45) is 5.92 Å². The average molecular weight is 254 g/mol. The third kappa shape index (κ3) is 4.73. The van der Waals surface area contributed by atoms with E-state index in [0.29, 0.717) is 0 Å². The Bertz CT molecular complexity index is 415. The van der Waals surface area contributed by atoms with Crippen LogP contribution in [0, 0.1) is 5.92 Å². The molecule has 1 saturated carbocycles. The molecule has 0 heterocycles. The highest BCUT2D eigenvalue weighted by molar-refractivity contribution is 5.48. The van der Waals surface area contributed by atoms with Crippen molar-refractivity contribution in [3.8, 4) is 0 Å². The van der Waals surface area contributed by atoms with Crippen LogP contribution in [0.5, 0.6) is 0 Å². The Balaban J connectivity index is 2.13. The Morgan fingerprint density at radius 3 is 2.58 bits per heavy atom. The normalized spacial score (nSPS) is 15.8. The fraction of sp³-hybridized carbons (Fsp3) is 0.526. The van der Waals surface area contributed by atoms with Crippen LogP contribution in [-0.2, 0) is 0 Å². The van der Waals surface area contributed by atoms with Crippen LogP contribution >= 0.6 is 0 Å². The van der Waals surface area contributed by atoms with E-state index in [1.54, 1.807) is 5.57 Å². The van der Waals surface area contributed by atoms with Crippen LogP contribution in [0.4, 0.5) is 0 Å². The predicted octanol–water partition coefficient (Wildman–Crippen LogP) is 6.00. The molecule has 1 aromatic rings. The summed E-state index contributed by atoms with van der Waals surface area (Å²) < 4.78 is 0. The largest absolute Gasteiger partial charge is 0.121 e. The second-order valence-corrected chi connectivity index (χ2v) is 5.66. The minimum atomic E-state index is 0.806. The first-order valence-electron chi connectivity index (χ1n) is 7.90. The number of allylic oxidation sites excluding steroid dienone is 1. The highest BCUT2D eigenvalue weighted by Gasteiger charge is 2.16. The van der Waals surface area contributed by atoms with Crippen LogP contribution in [0.15, 0.2) is 41.6 Å². The third-order valence-electron chi connectivity index (χ3n) is 4.12. The topological polar surface area (TPSA) is 0 Å². The second kappa shape index (κ2) is 8.02. The minimum Gasteiger partial charge on any atom is -0.121 e. The fourth-order valence-corrected chi connectivity index (χ4v) is 2.94. The smallest absolute Gasteiger partial charge is 0.0127 e. The SMILES string of the molecule is CCCCC(=C=Cc1ccccc1)C1CCCCC1. The van der Waals surface area contributed by atoms with Gasteiger partial charge in [-0.1, -0.05) is 62.9 Å². The quantitative estimate of drug-likeness (QED) is 0.566. The van der Waals surface area contributed by atoms with Gasteiger partial charge in [0.2, 0.25) is 0 Å². The molecule has 1 aromatic carbocycles. The van der Waals surface area contributed by atoms with Gasteiger partial charge < -0.3 is 0 Å². The molecular formula is C19H26. The Morgan fingerprint density at radius 2 is 1.89 bits per heavy atom. The molecule has 0 atom stereocenters. The van der Waals surface area contributed by atoms with E-state index in [1.807, 2.05) is 0 Å². The Hall–Kier alpha value is -1.26. The van der Waals surface area contributed by atoms with Crippen molar-refractivity contribution in [1.82, 2.24) is 0 Å². The van der Waals surface area contributed by atoms with Gasteiger partial charge in [0.05, 0.1) is 0 Å². The number of hydrogen-bond acceptors (Lipinski definition) is 0. The lowest BCUT2D eigenvalue weighted by molar-refractivity contribution is 0.393. The van der Waals surface area contributed by atoms with Crippen LogP contribution in [0.1, 0.15) is 63.9 Å². The van der Waals surface area contributed by atoms with Gasteiger partial charge >= 0.3 is 0 Å². The third-order valence-corrected chi connectivity index (χ3v) is 4.12. The average Bonchev–Trinajstić information content (AvgIpc) is 2.49. The molecular weight excluding hydrogens is 228 g/mol. The van der Waals surface area contributed by atoms with Gasteiger partial charge in [0.25, 0.3) is 0 Å². The fourth-order valence-electron chi connectivity index (χ4n) is 2.94. The maximum absolute atomic E-state index is 3.63. The van der Waals surface area contributed by atoms with Crippen molar-refractivity contribution in [2.75, 3.05) is 0 Å². The zero-order valence-corrected chi connectivity index (χ0v) is 12.2. The summed E-state index contributed by atoms with van der Waals surface area (Å²) in [5.74, 6) is 0.806. The number of rotatable bonds is 5. The molecule has 0 heteroatoms. The van der Waals surface area contributed by atoms with Gasteiger partial charge in [-0.25, -0.2) is 0 Å². The first-order valence-corrected chi connectivity index (χ1v) is 7.90. The van der Waals surface area contributed by atoms with Gasteiger partial charge in [-0.15, -0.1) is 5.73 Å². The molecule has 0 aromatic heterocycles. The molecule has 1 fully saturated rings. The van der Waals surface area contributed by atoms with Crippen LogP contribution in [0.2, 0.25) is 0 Å². The molecule has 102 valence electrons. The van der Waals surface area contributed by atoms with Crippen molar-refractivity contribution in [1.29, 1.82) is 0 Å². The summed E-state index contributed by atoms with van der Waals surface area (Å²) in [6.45, 7) is 2.28. The zero-order valence-electron chi connectivity index (χ0n) is 12.2. The summed E-state index contributed by atoms with van der Waals surface area (Å²) in [5, 5.41) is 0. The van der Waals surface area contributed by atoms with E-state index in [0.717, 1.165) is 5.92 Å². The second-order valence-electron chi connectivity index (χ2n) is 5.66. The molecule has 0 nitrogen and oxygen atoms in total. The molecule has 0 amide bonds. The molecule has 0 unspecified atom stereocenters. The van der Waals surface area contributed by atoms with Crippen molar-refractivity contribution in [3.63, 3.8) is 0 Å². The monoisotopic (exact) mass is 254 g/mol. The van der Waals surface area contributed by atoms with E-state index in [-0.39, 0.29) is 0 Å². The molecule has 2 rings (SSSR count). The summed E-state index contributed by atoms with van der Waals surface area (Å²) in [7, 11) is 0. The van der Waals surface area contributed by atoms with Crippen LogP contribution in [0.3, 0.4) is 0 Å². The highest BCUT2D eigenvalue weighted by atomic mass is 14.2. The summed E-state index contributed by atoms with van der Waals surface area (Å²) >= 11 is 0. The minimum absolute atomic E-state index is 0.806. The first kappa shape index (κ1) is 14.2. The Morgan fingerprint density at radius 1 is 1.16 bits per heavy atom. The van der Waals surface area contributed by atoms with Gasteiger partial charge in [0, 0.05) is 0 Å². The lowest BCUT2D eigenvalue weighted by Crippen LogP contribution is -2.08. The van der Waals surface area contributed by atoms with Crippen molar-refractivity contribution < 1.29 is 0 Å². The van der Waals surface area contributed by atoms with E-state index in [9.17, 15) is 0 Å². The molecule has 0 N–H and O–H groups in total. The predicted molar refractivity (Wildman–Crippen MR) is 84.0 cm³/mol. The van der Waals surface area contributed by atoms with Gasteiger partial charge in [-0.05, 0) is 48.8 Å². The molecule has 0 aliphatic heterocycles.